The molecule has 1 aromatic carbocycles. The molecule has 1 aliphatic rings. The minimum atomic E-state index is -0.222. The van der Waals surface area contributed by atoms with Crippen LogP contribution < -0.4 is 4.90 Å². The lowest BCUT2D eigenvalue weighted by Crippen LogP contribution is -2.44. The lowest BCUT2D eigenvalue weighted by atomic mass is 10.2. The molecule has 0 bridgehead atoms. The van der Waals surface area contributed by atoms with E-state index in [2.05, 4.69) is 0 Å². The van der Waals surface area contributed by atoms with Crippen molar-refractivity contribution in [3.63, 3.8) is 0 Å². The van der Waals surface area contributed by atoms with E-state index in [-0.39, 0.29) is 43.4 Å². The summed E-state index contributed by atoms with van der Waals surface area (Å²) in [7, 11) is 0. The van der Waals surface area contributed by atoms with Crippen molar-refractivity contribution in [3.05, 3.63) is 29.3 Å². The van der Waals surface area contributed by atoms with Crippen LogP contribution in [0.4, 0.5) is 5.69 Å². The summed E-state index contributed by atoms with van der Waals surface area (Å²) in [6.07, 6.45) is 0.777. The fourth-order valence-electron chi connectivity index (χ4n) is 2.75. The van der Waals surface area contributed by atoms with E-state index in [9.17, 15) is 14.4 Å². The molecule has 0 aromatic heterocycles. The molecule has 7 heteroatoms. The number of halogens is 1. The third-order valence-electron chi connectivity index (χ3n) is 4.04. The highest BCUT2D eigenvalue weighted by molar-refractivity contribution is 6.31. The van der Waals surface area contributed by atoms with Crippen molar-refractivity contribution >= 4 is 35.0 Å². The normalized spacial score (nSPS) is 14.4. The van der Waals surface area contributed by atoms with Crippen molar-refractivity contribution < 1.29 is 14.4 Å². The van der Waals surface area contributed by atoms with Gasteiger partial charge in [-0.05, 0) is 24.6 Å². The summed E-state index contributed by atoms with van der Waals surface area (Å²) in [5.41, 5.74) is 0.663. The van der Waals surface area contributed by atoms with Crippen LogP contribution in [0.15, 0.2) is 24.3 Å². The Morgan fingerprint density at radius 2 is 2.04 bits per heavy atom. The summed E-state index contributed by atoms with van der Waals surface area (Å²) in [4.78, 5) is 41.6. The van der Waals surface area contributed by atoms with Gasteiger partial charge in [-0.25, -0.2) is 0 Å². The Labute approximate surface area is 153 Å². The number of hydrogen-bond acceptors (Lipinski definition) is 3. The molecule has 0 saturated carbocycles. The van der Waals surface area contributed by atoms with Crippen molar-refractivity contribution in [3.8, 4) is 0 Å². The maximum Gasteiger partial charge on any atom is 0.248 e. The highest BCUT2D eigenvalue weighted by atomic mass is 35.5. The Hall–Kier alpha value is -2.08. The molecular weight excluding hydrogens is 342 g/mol. The topological polar surface area (TPSA) is 60.9 Å². The van der Waals surface area contributed by atoms with E-state index in [1.807, 2.05) is 20.8 Å². The first-order valence-corrected chi connectivity index (χ1v) is 8.83. The van der Waals surface area contributed by atoms with Crippen LogP contribution in [0.1, 0.15) is 27.2 Å². The zero-order valence-corrected chi connectivity index (χ0v) is 15.6. The second-order valence-corrected chi connectivity index (χ2v) is 6.89. The molecule has 0 unspecified atom stereocenters. The van der Waals surface area contributed by atoms with Crippen molar-refractivity contribution in [2.75, 3.05) is 31.2 Å². The van der Waals surface area contributed by atoms with Gasteiger partial charge in [0.25, 0.3) is 0 Å². The number of benzene rings is 1. The maximum atomic E-state index is 12.6. The van der Waals surface area contributed by atoms with Gasteiger partial charge >= 0.3 is 0 Å². The molecule has 6 nitrogen and oxygen atoms in total. The lowest BCUT2D eigenvalue weighted by molar-refractivity contribution is -0.142. The van der Waals surface area contributed by atoms with Crippen molar-refractivity contribution in [1.82, 2.24) is 9.80 Å². The molecule has 1 saturated heterocycles. The zero-order valence-electron chi connectivity index (χ0n) is 14.9. The van der Waals surface area contributed by atoms with Gasteiger partial charge in [-0.1, -0.05) is 38.4 Å². The van der Waals surface area contributed by atoms with Gasteiger partial charge < -0.3 is 9.80 Å². The molecule has 0 spiro atoms. The number of rotatable bonds is 6. The predicted molar refractivity (Wildman–Crippen MR) is 97.2 cm³/mol. The molecular formula is C18H24ClN3O3. The van der Waals surface area contributed by atoms with Crippen LogP contribution in [-0.2, 0) is 14.4 Å². The molecule has 0 aliphatic carbocycles. The Bertz CT molecular complexity index is 663. The average molecular weight is 366 g/mol. The van der Waals surface area contributed by atoms with E-state index in [1.54, 1.807) is 29.2 Å². The predicted octanol–water partition coefficient (Wildman–Crippen LogP) is 2.37. The van der Waals surface area contributed by atoms with Crippen LogP contribution >= 0.6 is 11.6 Å². The first kappa shape index (κ1) is 19.2. The van der Waals surface area contributed by atoms with Gasteiger partial charge in [-0.15, -0.1) is 0 Å². The van der Waals surface area contributed by atoms with Crippen LogP contribution in [0.2, 0.25) is 5.02 Å². The van der Waals surface area contributed by atoms with Gasteiger partial charge in [0, 0.05) is 23.2 Å². The third-order valence-corrected chi connectivity index (χ3v) is 4.27. The van der Waals surface area contributed by atoms with E-state index in [0.29, 0.717) is 17.3 Å². The maximum absolute atomic E-state index is 12.6. The smallest absolute Gasteiger partial charge is 0.248 e. The molecule has 1 fully saturated rings. The molecule has 0 atom stereocenters. The van der Waals surface area contributed by atoms with Crippen LogP contribution in [0.25, 0.3) is 0 Å². The van der Waals surface area contributed by atoms with Gasteiger partial charge in [0.1, 0.15) is 13.2 Å². The number of carbonyl (C=O) groups is 3. The first-order valence-electron chi connectivity index (χ1n) is 8.46. The summed E-state index contributed by atoms with van der Waals surface area (Å²) in [6.45, 7) is 6.32. The minimum Gasteiger partial charge on any atom is -0.333 e. The molecule has 1 aliphatic heterocycles. The quantitative estimate of drug-likeness (QED) is 0.777. The third kappa shape index (κ3) is 4.72. The summed E-state index contributed by atoms with van der Waals surface area (Å²) in [6, 6.07) is 6.97. The molecule has 2 rings (SSSR count). The van der Waals surface area contributed by atoms with Crippen LogP contribution in [0, 0.1) is 5.92 Å². The van der Waals surface area contributed by atoms with Gasteiger partial charge in [0.15, 0.2) is 0 Å². The van der Waals surface area contributed by atoms with E-state index in [0.717, 1.165) is 6.42 Å². The van der Waals surface area contributed by atoms with Crippen molar-refractivity contribution in [2.24, 2.45) is 5.92 Å². The van der Waals surface area contributed by atoms with Gasteiger partial charge in [-0.3, -0.25) is 19.3 Å². The first-order chi connectivity index (χ1) is 11.8. The summed E-state index contributed by atoms with van der Waals surface area (Å²) in [5.74, 6) is -0.594. The number of hydrogen-bond donors (Lipinski definition) is 0. The Balaban J connectivity index is 2.05. The molecule has 1 heterocycles. The summed E-state index contributed by atoms with van der Waals surface area (Å²) < 4.78 is 0. The summed E-state index contributed by atoms with van der Waals surface area (Å²) >= 11 is 5.98. The average Bonchev–Trinajstić information content (AvgIpc) is 2.95. The second kappa shape index (κ2) is 8.34. The highest BCUT2D eigenvalue weighted by Gasteiger charge is 2.33. The van der Waals surface area contributed by atoms with Gasteiger partial charge in [0.05, 0.1) is 6.54 Å². The van der Waals surface area contributed by atoms with E-state index in [1.165, 1.54) is 9.80 Å². The Kier molecular flexibility index (Phi) is 6.42. The van der Waals surface area contributed by atoms with Crippen molar-refractivity contribution in [2.45, 2.75) is 27.2 Å². The Morgan fingerprint density at radius 1 is 1.32 bits per heavy atom. The standard InChI is InChI=1S/C18H24ClN3O3/c1-4-8-20(18(25)13(2)3)10-16(23)21-11-17(24)22(12-21)15-7-5-6-14(19)9-15/h5-7,9,13H,4,8,10-12H2,1-3H3. The number of anilines is 1. The van der Waals surface area contributed by atoms with Crippen LogP contribution in [-0.4, -0.2) is 53.8 Å². The Morgan fingerprint density at radius 3 is 2.64 bits per heavy atom. The SMILES string of the molecule is CCCN(CC(=O)N1CC(=O)N(c2cccc(Cl)c2)C1)C(=O)C(C)C. The molecule has 0 N–H and O–H groups in total. The molecule has 136 valence electrons. The molecule has 0 radical (unpaired) electrons. The van der Waals surface area contributed by atoms with Crippen molar-refractivity contribution in [1.29, 1.82) is 0 Å². The van der Waals surface area contributed by atoms with Crippen LogP contribution in [0.5, 0.6) is 0 Å². The monoisotopic (exact) mass is 365 g/mol. The van der Waals surface area contributed by atoms with Gasteiger partial charge in [-0.2, -0.15) is 0 Å². The lowest BCUT2D eigenvalue weighted by Gasteiger charge is -2.26. The minimum absolute atomic E-state index is 0.00151. The van der Waals surface area contributed by atoms with Gasteiger partial charge in [0.2, 0.25) is 17.7 Å². The van der Waals surface area contributed by atoms with E-state index < -0.39 is 0 Å². The zero-order chi connectivity index (χ0) is 18.6. The molecule has 3 amide bonds. The van der Waals surface area contributed by atoms with E-state index >= 15 is 0 Å². The second-order valence-electron chi connectivity index (χ2n) is 6.45. The number of carbonyl (C=O) groups excluding carboxylic acids is 3. The summed E-state index contributed by atoms with van der Waals surface area (Å²) in [5, 5.41) is 0.534. The number of amides is 3. The molecule has 1 aromatic rings. The fraction of sp³-hybridized carbons (Fsp3) is 0.500. The largest absolute Gasteiger partial charge is 0.333 e. The molecule has 25 heavy (non-hydrogen) atoms. The van der Waals surface area contributed by atoms with Crippen LogP contribution in [0.3, 0.4) is 0 Å². The number of nitrogens with zero attached hydrogens (tertiary/aromatic N) is 3. The van der Waals surface area contributed by atoms with E-state index in [4.69, 9.17) is 11.6 Å². The highest BCUT2D eigenvalue weighted by Crippen LogP contribution is 2.23. The fourth-order valence-corrected chi connectivity index (χ4v) is 2.93.